The van der Waals surface area contributed by atoms with Gasteiger partial charge in [-0.2, -0.15) is 4.31 Å². The maximum atomic E-state index is 12.5. The lowest BCUT2D eigenvalue weighted by Crippen LogP contribution is -2.38. The summed E-state index contributed by atoms with van der Waals surface area (Å²) in [6.45, 7) is 1.99. The van der Waals surface area contributed by atoms with Crippen molar-refractivity contribution in [2.75, 3.05) is 13.1 Å². The molecule has 0 amide bonds. The van der Waals surface area contributed by atoms with E-state index in [0.717, 1.165) is 24.8 Å². The van der Waals surface area contributed by atoms with Gasteiger partial charge in [0.2, 0.25) is 10.0 Å². The summed E-state index contributed by atoms with van der Waals surface area (Å²) in [5, 5.41) is 7.26. The van der Waals surface area contributed by atoms with E-state index in [1.165, 1.54) is 9.87 Å². The van der Waals surface area contributed by atoms with Gasteiger partial charge < -0.3 is 5.73 Å². The van der Waals surface area contributed by atoms with Crippen LogP contribution in [-0.4, -0.2) is 31.6 Å². The molecule has 0 unspecified atom stereocenters. The first-order chi connectivity index (χ1) is 8.95. The van der Waals surface area contributed by atoms with Crippen molar-refractivity contribution in [1.29, 1.82) is 5.41 Å². The van der Waals surface area contributed by atoms with Gasteiger partial charge in [0.1, 0.15) is 5.84 Å². The number of amidine groups is 1. The van der Waals surface area contributed by atoms with Crippen molar-refractivity contribution in [2.24, 2.45) is 5.73 Å². The van der Waals surface area contributed by atoms with Gasteiger partial charge in [-0.15, -0.1) is 0 Å². The highest BCUT2D eigenvalue weighted by Crippen LogP contribution is 2.26. The summed E-state index contributed by atoms with van der Waals surface area (Å²) in [4.78, 5) is 0.302. The molecule has 0 fully saturated rings. The van der Waals surface area contributed by atoms with E-state index in [-0.39, 0.29) is 12.4 Å². The van der Waals surface area contributed by atoms with E-state index >= 15 is 0 Å². The van der Waals surface area contributed by atoms with E-state index in [0.29, 0.717) is 11.4 Å². The minimum Gasteiger partial charge on any atom is -0.387 e. The third-order valence-corrected chi connectivity index (χ3v) is 5.32. The standard InChI is InChI=1S/C13H19N3O2S/c1-2-16(9-13(14)15)19(17,18)12-7-6-10-4-3-5-11(10)8-12/h6-8H,2-5,9H2,1H3,(H3,14,15). The van der Waals surface area contributed by atoms with Gasteiger partial charge in [-0.1, -0.05) is 13.0 Å². The molecule has 1 aliphatic carbocycles. The number of benzene rings is 1. The zero-order chi connectivity index (χ0) is 14.0. The number of rotatable bonds is 5. The van der Waals surface area contributed by atoms with Crippen LogP contribution in [0.15, 0.2) is 23.1 Å². The molecular weight excluding hydrogens is 262 g/mol. The quantitative estimate of drug-likeness (QED) is 0.626. The van der Waals surface area contributed by atoms with Gasteiger partial charge in [0, 0.05) is 6.54 Å². The number of nitrogens with two attached hydrogens (primary N) is 1. The lowest BCUT2D eigenvalue weighted by molar-refractivity contribution is 0.466. The summed E-state index contributed by atoms with van der Waals surface area (Å²) < 4.78 is 26.2. The molecule has 1 aliphatic rings. The average Bonchev–Trinajstić information content (AvgIpc) is 2.82. The molecule has 6 heteroatoms. The molecular formula is C13H19N3O2S. The van der Waals surface area contributed by atoms with Crippen LogP contribution in [0.4, 0.5) is 0 Å². The SMILES string of the molecule is CCN(CC(=N)N)S(=O)(=O)c1ccc2c(c1)CCC2. The Labute approximate surface area is 114 Å². The molecule has 104 valence electrons. The predicted octanol–water partition coefficient (Wildman–Crippen LogP) is 1.12. The predicted molar refractivity (Wildman–Crippen MR) is 74.8 cm³/mol. The van der Waals surface area contributed by atoms with E-state index in [1.807, 2.05) is 6.07 Å². The highest BCUT2D eigenvalue weighted by atomic mass is 32.2. The maximum absolute atomic E-state index is 12.5. The number of nitrogens with zero attached hydrogens (tertiary/aromatic N) is 1. The first-order valence-corrected chi connectivity index (χ1v) is 7.84. The molecule has 0 radical (unpaired) electrons. The monoisotopic (exact) mass is 281 g/mol. The Morgan fingerprint density at radius 3 is 2.68 bits per heavy atom. The van der Waals surface area contributed by atoms with Crippen molar-refractivity contribution in [3.05, 3.63) is 29.3 Å². The fourth-order valence-corrected chi connectivity index (χ4v) is 3.89. The normalized spacial score (nSPS) is 14.6. The summed E-state index contributed by atoms with van der Waals surface area (Å²) >= 11 is 0. The molecule has 2 rings (SSSR count). The van der Waals surface area contributed by atoms with Crippen molar-refractivity contribution in [3.8, 4) is 0 Å². The van der Waals surface area contributed by atoms with Crippen LogP contribution in [0.2, 0.25) is 0 Å². The van der Waals surface area contributed by atoms with Crippen molar-refractivity contribution < 1.29 is 8.42 Å². The van der Waals surface area contributed by atoms with E-state index in [9.17, 15) is 8.42 Å². The molecule has 1 aromatic carbocycles. The van der Waals surface area contributed by atoms with E-state index in [4.69, 9.17) is 11.1 Å². The Bertz CT molecular complexity index is 596. The molecule has 0 saturated heterocycles. The first kappa shape index (κ1) is 14.0. The Morgan fingerprint density at radius 2 is 2.05 bits per heavy atom. The topological polar surface area (TPSA) is 87.2 Å². The van der Waals surface area contributed by atoms with Crippen LogP contribution in [0, 0.1) is 5.41 Å². The average molecular weight is 281 g/mol. The summed E-state index contributed by atoms with van der Waals surface area (Å²) in [6.07, 6.45) is 3.06. The summed E-state index contributed by atoms with van der Waals surface area (Å²) in [5.41, 5.74) is 7.68. The van der Waals surface area contributed by atoms with Crippen LogP contribution < -0.4 is 5.73 Å². The molecule has 0 aliphatic heterocycles. The number of fused-ring (bicyclic) bond motifs is 1. The fourth-order valence-electron chi connectivity index (χ4n) is 2.41. The second kappa shape index (κ2) is 5.30. The highest BCUT2D eigenvalue weighted by molar-refractivity contribution is 7.89. The highest BCUT2D eigenvalue weighted by Gasteiger charge is 2.25. The van der Waals surface area contributed by atoms with E-state index < -0.39 is 10.0 Å². The number of hydrogen-bond donors (Lipinski definition) is 2. The van der Waals surface area contributed by atoms with Crippen molar-refractivity contribution >= 4 is 15.9 Å². The Balaban J connectivity index is 2.35. The van der Waals surface area contributed by atoms with Crippen LogP contribution in [0.3, 0.4) is 0 Å². The minimum absolute atomic E-state index is 0.0596. The largest absolute Gasteiger partial charge is 0.387 e. The summed E-state index contributed by atoms with van der Waals surface area (Å²) in [5.74, 6) is -0.147. The smallest absolute Gasteiger partial charge is 0.243 e. The number of aryl methyl sites for hydroxylation is 2. The molecule has 5 nitrogen and oxygen atoms in total. The number of sulfonamides is 1. The van der Waals surface area contributed by atoms with Crippen LogP contribution in [-0.2, 0) is 22.9 Å². The van der Waals surface area contributed by atoms with Crippen molar-refractivity contribution in [3.63, 3.8) is 0 Å². The fraction of sp³-hybridized carbons (Fsp3) is 0.462. The van der Waals surface area contributed by atoms with Crippen LogP contribution in [0.25, 0.3) is 0 Å². The van der Waals surface area contributed by atoms with Crippen LogP contribution in [0.5, 0.6) is 0 Å². The van der Waals surface area contributed by atoms with Crippen LogP contribution >= 0.6 is 0 Å². The Kier molecular flexibility index (Phi) is 3.91. The molecule has 0 saturated carbocycles. The van der Waals surface area contributed by atoms with E-state index in [2.05, 4.69) is 0 Å². The zero-order valence-electron chi connectivity index (χ0n) is 11.0. The second-order valence-electron chi connectivity index (χ2n) is 4.74. The molecule has 0 aromatic heterocycles. The minimum atomic E-state index is -3.56. The lowest BCUT2D eigenvalue weighted by Gasteiger charge is -2.20. The van der Waals surface area contributed by atoms with Crippen molar-refractivity contribution in [1.82, 2.24) is 4.31 Å². The number of hydrogen-bond acceptors (Lipinski definition) is 3. The number of likely N-dealkylation sites (N-methyl/N-ethyl adjacent to an activating group) is 1. The number of nitrogens with one attached hydrogen (secondary N) is 1. The van der Waals surface area contributed by atoms with Gasteiger partial charge in [0.05, 0.1) is 11.4 Å². The first-order valence-electron chi connectivity index (χ1n) is 6.40. The molecule has 19 heavy (non-hydrogen) atoms. The molecule has 1 aromatic rings. The van der Waals surface area contributed by atoms with Gasteiger partial charge in [-0.3, -0.25) is 5.41 Å². The maximum Gasteiger partial charge on any atom is 0.243 e. The van der Waals surface area contributed by atoms with Gasteiger partial charge in [0.25, 0.3) is 0 Å². The Morgan fingerprint density at radius 1 is 1.37 bits per heavy atom. The second-order valence-corrected chi connectivity index (χ2v) is 6.68. The molecule has 0 spiro atoms. The molecule has 0 heterocycles. The van der Waals surface area contributed by atoms with Crippen molar-refractivity contribution in [2.45, 2.75) is 31.1 Å². The third-order valence-electron chi connectivity index (χ3n) is 3.41. The third kappa shape index (κ3) is 2.79. The molecule has 3 N–H and O–H groups in total. The summed E-state index contributed by atoms with van der Waals surface area (Å²) in [6, 6.07) is 5.32. The molecule has 0 atom stereocenters. The van der Waals surface area contributed by atoms with E-state index in [1.54, 1.807) is 19.1 Å². The van der Waals surface area contributed by atoms with Gasteiger partial charge in [0.15, 0.2) is 0 Å². The van der Waals surface area contributed by atoms with Gasteiger partial charge in [-0.25, -0.2) is 8.42 Å². The van der Waals surface area contributed by atoms with Gasteiger partial charge in [-0.05, 0) is 42.5 Å². The van der Waals surface area contributed by atoms with Gasteiger partial charge >= 0.3 is 0 Å². The summed E-state index contributed by atoms with van der Waals surface area (Å²) in [7, 11) is -3.56. The van der Waals surface area contributed by atoms with Crippen LogP contribution in [0.1, 0.15) is 24.5 Å². The lowest BCUT2D eigenvalue weighted by atomic mass is 10.1. The Hall–Kier alpha value is -1.40. The molecule has 0 bridgehead atoms. The zero-order valence-corrected chi connectivity index (χ0v) is 11.8.